The molecule has 2 aliphatic heterocycles. The molecule has 2 amide bonds. The Balaban J connectivity index is 1.55. The lowest BCUT2D eigenvalue weighted by Gasteiger charge is -2.36. The zero-order valence-corrected chi connectivity index (χ0v) is 14.3. The Hall–Kier alpha value is -2.63. The van der Waals surface area contributed by atoms with Gasteiger partial charge in [-0.05, 0) is 37.0 Å². The molecule has 1 aromatic heterocycles. The van der Waals surface area contributed by atoms with Gasteiger partial charge in [0.2, 0.25) is 11.8 Å². The summed E-state index contributed by atoms with van der Waals surface area (Å²) in [7, 11) is 0. The third kappa shape index (κ3) is 3.04. The molecule has 4 rings (SSSR count). The minimum Gasteiger partial charge on any atom is -0.340 e. The second-order valence-electron chi connectivity index (χ2n) is 6.97. The topological polar surface area (TPSA) is 67.2 Å². The predicted molar refractivity (Wildman–Crippen MR) is 94.2 cm³/mol. The van der Waals surface area contributed by atoms with Crippen LogP contribution in [-0.4, -0.2) is 39.6 Å². The molecule has 6 heteroatoms. The molecule has 0 spiro atoms. The first kappa shape index (κ1) is 15.9. The third-order valence-corrected chi connectivity index (χ3v) is 5.11. The number of para-hydroxylation sites is 1. The normalized spacial score (nSPS) is 23.1. The Kier molecular flexibility index (Phi) is 4.03. The maximum atomic E-state index is 13.2. The Labute approximate surface area is 146 Å². The third-order valence-electron chi connectivity index (χ3n) is 5.11. The van der Waals surface area contributed by atoms with Crippen LogP contribution in [0.15, 0.2) is 36.7 Å². The number of aromatic nitrogens is 2. The van der Waals surface area contributed by atoms with Crippen LogP contribution in [0.3, 0.4) is 0 Å². The summed E-state index contributed by atoms with van der Waals surface area (Å²) in [5, 5.41) is 7.27. The number of nitrogens with one attached hydrogen (secondary N) is 1. The lowest BCUT2D eigenvalue weighted by Crippen LogP contribution is -2.44. The van der Waals surface area contributed by atoms with E-state index in [1.807, 2.05) is 53.2 Å². The SMILES string of the molecule is Cc1cnn([C@H]2CCCN(C(=O)[C@H]3CC(=O)Nc4ccccc43)C2)c1. The number of likely N-dealkylation sites (tertiary alicyclic amines) is 1. The molecule has 0 unspecified atom stereocenters. The first-order chi connectivity index (χ1) is 12.1. The molecule has 2 aliphatic rings. The van der Waals surface area contributed by atoms with Gasteiger partial charge < -0.3 is 10.2 Å². The highest BCUT2D eigenvalue weighted by atomic mass is 16.2. The summed E-state index contributed by atoms with van der Waals surface area (Å²) in [5.74, 6) is -0.424. The van der Waals surface area contributed by atoms with E-state index < -0.39 is 0 Å². The molecule has 0 bridgehead atoms. The molecular formula is C19H22N4O2. The maximum absolute atomic E-state index is 13.2. The number of benzene rings is 1. The fourth-order valence-electron chi connectivity index (χ4n) is 3.86. The molecular weight excluding hydrogens is 316 g/mol. The van der Waals surface area contributed by atoms with Gasteiger partial charge >= 0.3 is 0 Å². The molecule has 6 nitrogen and oxygen atoms in total. The van der Waals surface area contributed by atoms with Gasteiger partial charge in [-0.2, -0.15) is 5.10 Å². The molecule has 1 saturated heterocycles. The second-order valence-corrected chi connectivity index (χ2v) is 6.97. The summed E-state index contributed by atoms with van der Waals surface area (Å²) < 4.78 is 1.97. The number of amides is 2. The van der Waals surface area contributed by atoms with E-state index in [-0.39, 0.29) is 30.2 Å². The summed E-state index contributed by atoms with van der Waals surface area (Å²) in [4.78, 5) is 27.1. The molecule has 0 aliphatic carbocycles. The van der Waals surface area contributed by atoms with E-state index in [2.05, 4.69) is 10.4 Å². The van der Waals surface area contributed by atoms with Crippen molar-refractivity contribution in [3.63, 3.8) is 0 Å². The van der Waals surface area contributed by atoms with Crippen LogP contribution in [0, 0.1) is 6.92 Å². The largest absolute Gasteiger partial charge is 0.340 e. The second kappa shape index (κ2) is 6.35. The van der Waals surface area contributed by atoms with Gasteiger partial charge in [-0.15, -0.1) is 0 Å². The van der Waals surface area contributed by atoms with Crippen molar-refractivity contribution in [2.75, 3.05) is 18.4 Å². The number of carbonyl (C=O) groups excluding carboxylic acids is 2. The van der Waals surface area contributed by atoms with E-state index >= 15 is 0 Å². The minimum atomic E-state index is -0.386. The van der Waals surface area contributed by atoms with Crippen molar-refractivity contribution in [3.05, 3.63) is 47.8 Å². The highest BCUT2D eigenvalue weighted by Gasteiger charge is 2.35. The van der Waals surface area contributed by atoms with Gasteiger partial charge in [-0.3, -0.25) is 14.3 Å². The van der Waals surface area contributed by atoms with E-state index in [4.69, 9.17) is 0 Å². The van der Waals surface area contributed by atoms with Crippen LogP contribution in [0.2, 0.25) is 0 Å². The van der Waals surface area contributed by atoms with Crippen molar-refractivity contribution >= 4 is 17.5 Å². The summed E-state index contributed by atoms with van der Waals surface area (Å²) in [6.07, 6.45) is 6.07. The number of hydrogen-bond acceptors (Lipinski definition) is 3. The Bertz CT molecular complexity index is 813. The summed E-state index contributed by atoms with van der Waals surface area (Å²) in [5.41, 5.74) is 2.80. The van der Waals surface area contributed by atoms with Crippen LogP contribution >= 0.6 is 0 Å². The van der Waals surface area contributed by atoms with Crippen molar-refractivity contribution < 1.29 is 9.59 Å². The van der Waals surface area contributed by atoms with E-state index in [1.165, 1.54) is 0 Å². The molecule has 1 fully saturated rings. The number of anilines is 1. The van der Waals surface area contributed by atoms with Crippen molar-refractivity contribution in [1.29, 1.82) is 0 Å². The first-order valence-electron chi connectivity index (χ1n) is 8.80. The van der Waals surface area contributed by atoms with Gasteiger partial charge in [-0.25, -0.2) is 0 Å². The highest BCUT2D eigenvalue weighted by Crippen LogP contribution is 2.34. The van der Waals surface area contributed by atoms with Crippen molar-refractivity contribution in [3.8, 4) is 0 Å². The zero-order valence-electron chi connectivity index (χ0n) is 14.3. The van der Waals surface area contributed by atoms with Crippen molar-refractivity contribution in [2.45, 2.75) is 38.1 Å². The summed E-state index contributed by atoms with van der Waals surface area (Å²) in [6.45, 7) is 3.42. The number of rotatable bonds is 2. The Morgan fingerprint density at radius 2 is 2.16 bits per heavy atom. The van der Waals surface area contributed by atoms with Gasteiger partial charge in [0.1, 0.15) is 0 Å². The number of carbonyl (C=O) groups is 2. The number of aryl methyl sites for hydroxylation is 1. The number of nitrogens with zero attached hydrogens (tertiary/aromatic N) is 3. The Morgan fingerprint density at radius 1 is 1.32 bits per heavy atom. The molecule has 25 heavy (non-hydrogen) atoms. The number of piperidine rings is 1. The van der Waals surface area contributed by atoms with Crippen molar-refractivity contribution in [1.82, 2.24) is 14.7 Å². The zero-order chi connectivity index (χ0) is 17.4. The average molecular weight is 338 g/mol. The highest BCUT2D eigenvalue weighted by molar-refractivity contribution is 6.01. The average Bonchev–Trinajstić information content (AvgIpc) is 3.07. The standard InChI is InChI=1S/C19H22N4O2/c1-13-10-20-23(11-13)14-5-4-8-22(12-14)19(25)16-9-18(24)21-17-7-3-2-6-15(16)17/h2-3,6-7,10-11,14,16H,4-5,8-9,12H2,1H3,(H,21,24)/t14-,16-/m0/s1. The molecule has 130 valence electrons. The number of hydrogen-bond donors (Lipinski definition) is 1. The van der Waals surface area contributed by atoms with Gasteiger partial charge in [0.25, 0.3) is 0 Å². The van der Waals surface area contributed by atoms with Crippen LogP contribution in [0.1, 0.15) is 42.3 Å². The lowest BCUT2D eigenvalue weighted by molar-refractivity contribution is -0.136. The number of fused-ring (bicyclic) bond motifs is 1. The molecule has 2 aromatic rings. The van der Waals surface area contributed by atoms with E-state index in [9.17, 15) is 9.59 Å². The van der Waals surface area contributed by atoms with Crippen LogP contribution in [-0.2, 0) is 9.59 Å². The molecule has 1 aromatic carbocycles. The summed E-state index contributed by atoms with van der Waals surface area (Å²) >= 11 is 0. The maximum Gasteiger partial charge on any atom is 0.230 e. The summed E-state index contributed by atoms with van der Waals surface area (Å²) in [6, 6.07) is 7.80. The van der Waals surface area contributed by atoms with Crippen LogP contribution < -0.4 is 5.32 Å². The molecule has 3 heterocycles. The van der Waals surface area contributed by atoms with Crippen molar-refractivity contribution in [2.24, 2.45) is 0 Å². The molecule has 0 saturated carbocycles. The quantitative estimate of drug-likeness (QED) is 0.915. The van der Waals surface area contributed by atoms with Crippen LogP contribution in [0.5, 0.6) is 0 Å². The first-order valence-corrected chi connectivity index (χ1v) is 8.80. The molecule has 2 atom stereocenters. The monoisotopic (exact) mass is 338 g/mol. The van der Waals surface area contributed by atoms with E-state index in [0.29, 0.717) is 6.54 Å². The van der Waals surface area contributed by atoms with Gasteiger partial charge in [0.05, 0.1) is 18.2 Å². The van der Waals surface area contributed by atoms with Crippen LogP contribution in [0.25, 0.3) is 0 Å². The van der Waals surface area contributed by atoms with E-state index in [0.717, 1.165) is 36.2 Å². The van der Waals surface area contributed by atoms with Crippen LogP contribution in [0.4, 0.5) is 5.69 Å². The van der Waals surface area contributed by atoms with E-state index in [1.54, 1.807) is 0 Å². The lowest BCUT2D eigenvalue weighted by atomic mass is 9.88. The Morgan fingerprint density at radius 3 is 2.96 bits per heavy atom. The predicted octanol–water partition coefficient (Wildman–Crippen LogP) is 2.48. The smallest absolute Gasteiger partial charge is 0.230 e. The minimum absolute atomic E-state index is 0.0517. The van der Waals surface area contributed by atoms with Gasteiger partial charge in [0, 0.05) is 31.4 Å². The van der Waals surface area contributed by atoms with Gasteiger partial charge in [0.15, 0.2) is 0 Å². The molecule has 0 radical (unpaired) electrons. The van der Waals surface area contributed by atoms with Gasteiger partial charge in [-0.1, -0.05) is 18.2 Å². The fourth-order valence-corrected chi connectivity index (χ4v) is 3.86. The molecule has 1 N–H and O–H groups in total. The fraction of sp³-hybridized carbons (Fsp3) is 0.421.